The van der Waals surface area contributed by atoms with Crippen molar-refractivity contribution in [3.63, 3.8) is 0 Å². The summed E-state index contributed by atoms with van der Waals surface area (Å²) in [6.45, 7) is 4.35. The number of aliphatic hydroxyl groups excluding tert-OH is 1. The summed E-state index contributed by atoms with van der Waals surface area (Å²) in [7, 11) is 0. The fourth-order valence-electron chi connectivity index (χ4n) is 2.96. The van der Waals surface area contributed by atoms with Gasteiger partial charge in [0.25, 0.3) is 0 Å². The van der Waals surface area contributed by atoms with Crippen molar-refractivity contribution >= 4 is 11.8 Å². The lowest BCUT2D eigenvalue weighted by Gasteiger charge is -2.48. The Morgan fingerprint density at radius 3 is 2.53 bits per heavy atom. The average molecular weight is 229 g/mol. The van der Waals surface area contributed by atoms with Crippen LogP contribution in [0.25, 0.3) is 0 Å². The molecule has 0 radical (unpaired) electrons. The lowest BCUT2D eigenvalue weighted by atomic mass is 9.78. The number of thioether (sulfide) groups is 1. The van der Waals surface area contributed by atoms with Gasteiger partial charge in [-0.1, -0.05) is 12.8 Å². The van der Waals surface area contributed by atoms with Crippen LogP contribution >= 0.6 is 11.8 Å². The van der Waals surface area contributed by atoms with E-state index >= 15 is 0 Å². The van der Waals surface area contributed by atoms with Gasteiger partial charge in [0, 0.05) is 32.0 Å². The summed E-state index contributed by atoms with van der Waals surface area (Å²) in [5, 5.41) is 8.65. The zero-order valence-corrected chi connectivity index (χ0v) is 10.4. The fourth-order valence-corrected chi connectivity index (χ4v) is 3.89. The van der Waals surface area contributed by atoms with Gasteiger partial charge in [-0.25, -0.2) is 0 Å². The highest BCUT2D eigenvalue weighted by molar-refractivity contribution is 7.99. The van der Waals surface area contributed by atoms with Gasteiger partial charge < -0.3 is 10.0 Å². The van der Waals surface area contributed by atoms with Gasteiger partial charge in [0.05, 0.1) is 0 Å². The highest BCUT2D eigenvalue weighted by Gasteiger charge is 2.43. The van der Waals surface area contributed by atoms with E-state index in [9.17, 15) is 0 Å². The summed E-state index contributed by atoms with van der Waals surface area (Å²) in [6, 6.07) is 0. The Morgan fingerprint density at radius 1 is 1.13 bits per heavy atom. The monoisotopic (exact) mass is 229 g/mol. The molecule has 2 nitrogen and oxygen atoms in total. The Balaban J connectivity index is 1.49. The molecule has 1 saturated carbocycles. The van der Waals surface area contributed by atoms with Crippen LogP contribution < -0.4 is 0 Å². The van der Waals surface area contributed by atoms with E-state index in [2.05, 4.69) is 4.90 Å². The standard InChI is InChI=1S/C12H23NOS/c14-7-3-8-15-9-6-13-10-12(11-13)4-1-2-5-12/h14H,1-11H2. The summed E-state index contributed by atoms with van der Waals surface area (Å²) >= 11 is 1.98. The topological polar surface area (TPSA) is 23.5 Å². The molecule has 0 aromatic heterocycles. The van der Waals surface area contributed by atoms with Crippen molar-refractivity contribution < 1.29 is 5.11 Å². The van der Waals surface area contributed by atoms with Crippen molar-refractivity contribution in [3.05, 3.63) is 0 Å². The second-order valence-electron chi connectivity index (χ2n) is 5.11. The molecule has 1 aliphatic carbocycles. The zero-order chi connectivity index (χ0) is 10.6. The Bertz CT molecular complexity index is 184. The van der Waals surface area contributed by atoms with E-state index in [1.807, 2.05) is 11.8 Å². The molecule has 1 aliphatic heterocycles. The molecule has 2 fully saturated rings. The first kappa shape index (κ1) is 11.7. The van der Waals surface area contributed by atoms with Crippen LogP contribution in [0.2, 0.25) is 0 Å². The van der Waals surface area contributed by atoms with Crippen LogP contribution in [0.4, 0.5) is 0 Å². The van der Waals surface area contributed by atoms with Crippen molar-refractivity contribution in [2.75, 3.05) is 37.7 Å². The maximum Gasteiger partial charge on any atom is 0.0438 e. The summed E-state index contributed by atoms with van der Waals surface area (Å²) in [5.74, 6) is 2.37. The first-order valence-corrected chi connectivity index (χ1v) is 7.41. The SMILES string of the molecule is OCCCSCCN1CC2(CCCC2)C1. The molecule has 1 heterocycles. The predicted molar refractivity (Wildman–Crippen MR) is 66.4 cm³/mol. The second kappa shape index (κ2) is 5.55. The molecule has 1 saturated heterocycles. The third-order valence-electron chi connectivity index (χ3n) is 3.78. The van der Waals surface area contributed by atoms with Gasteiger partial charge in [-0.3, -0.25) is 0 Å². The Labute approximate surface area is 97.4 Å². The number of hydrogen-bond donors (Lipinski definition) is 1. The molecule has 0 amide bonds. The smallest absolute Gasteiger partial charge is 0.0438 e. The third kappa shape index (κ3) is 3.11. The van der Waals surface area contributed by atoms with Crippen molar-refractivity contribution in [3.8, 4) is 0 Å². The normalized spacial score (nSPS) is 24.6. The van der Waals surface area contributed by atoms with Crippen molar-refractivity contribution in [1.82, 2.24) is 4.90 Å². The molecule has 1 spiro atoms. The molecular weight excluding hydrogens is 206 g/mol. The van der Waals surface area contributed by atoms with E-state index in [0.29, 0.717) is 6.61 Å². The number of aliphatic hydroxyl groups is 1. The van der Waals surface area contributed by atoms with E-state index in [1.54, 1.807) is 0 Å². The van der Waals surface area contributed by atoms with Crippen molar-refractivity contribution in [2.24, 2.45) is 5.41 Å². The molecule has 0 aromatic carbocycles. The van der Waals surface area contributed by atoms with Gasteiger partial charge >= 0.3 is 0 Å². The molecule has 2 aliphatic rings. The maximum absolute atomic E-state index is 8.65. The van der Waals surface area contributed by atoms with Crippen molar-refractivity contribution in [1.29, 1.82) is 0 Å². The second-order valence-corrected chi connectivity index (χ2v) is 6.33. The summed E-state index contributed by atoms with van der Waals surface area (Å²) in [4.78, 5) is 2.61. The fraction of sp³-hybridized carbons (Fsp3) is 1.00. The number of hydrogen-bond acceptors (Lipinski definition) is 3. The van der Waals surface area contributed by atoms with Crippen LogP contribution in [-0.2, 0) is 0 Å². The van der Waals surface area contributed by atoms with Crippen LogP contribution in [0.3, 0.4) is 0 Å². The van der Waals surface area contributed by atoms with E-state index in [1.165, 1.54) is 51.1 Å². The minimum absolute atomic E-state index is 0.347. The summed E-state index contributed by atoms with van der Waals surface area (Å²) in [5.41, 5.74) is 0.760. The van der Waals surface area contributed by atoms with Crippen LogP contribution in [0, 0.1) is 5.41 Å². The molecule has 2 rings (SSSR count). The van der Waals surface area contributed by atoms with Gasteiger partial charge in [0.1, 0.15) is 0 Å². The first-order chi connectivity index (χ1) is 7.35. The maximum atomic E-state index is 8.65. The number of rotatable bonds is 6. The Hall–Kier alpha value is 0.270. The zero-order valence-electron chi connectivity index (χ0n) is 9.58. The Morgan fingerprint density at radius 2 is 1.87 bits per heavy atom. The average Bonchev–Trinajstić information content (AvgIpc) is 2.65. The minimum atomic E-state index is 0.347. The third-order valence-corrected chi connectivity index (χ3v) is 4.83. The quantitative estimate of drug-likeness (QED) is 0.705. The molecule has 0 unspecified atom stereocenters. The first-order valence-electron chi connectivity index (χ1n) is 6.26. The van der Waals surface area contributed by atoms with E-state index in [-0.39, 0.29) is 0 Å². The van der Waals surface area contributed by atoms with E-state index in [4.69, 9.17) is 5.11 Å². The molecule has 3 heteroatoms. The van der Waals surface area contributed by atoms with Crippen LogP contribution in [0.1, 0.15) is 32.1 Å². The van der Waals surface area contributed by atoms with E-state index in [0.717, 1.165) is 17.6 Å². The van der Waals surface area contributed by atoms with Gasteiger partial charge in [-0.2, -0.15) is 11.8 Å². The molecule has 0 aromatic rings. The lowest BCUT2D eigenvalue weighted by Crippen LogP contribution is -2.55. The largest absolute Gasteiger partial charge is 0.396 e. The molecule has 15 heavy (non-hydrogen) atoms. The molecule has 88 valence electrons. The molecular formula is C12H23NOS. The van der Waals surface area contributed by atoms with Crippen LogP contribution in [0.5, 0.6) is 0 Å². The van der Waals surface area contributed by atoms with Gasteiger partial charge in [-0.15, -0.1) is 0 Å². The number of nitrogens with zero attached hydrogens (tertiary/aromatic N) is 1. The predicted octanol–water partition coefficient (Wildman–Crippen LogP) is 1.98. The van der Waals surface area contributed by atoms with Crippen molar-refractivity contribution in [2.45, 2.75) is 32.1 Å². The van der Waals surface area contributed by atoms with Crippen LogP contribution in [-0.4, -0.2) is 47.8 Å². The highest BCUT2D eigenvalue weighted by Crippen LogP contribution is 2.45. The highest BCUT2D eigenvalue weighted by atomic mass is 32.2. The molecule has 0 atom stereocenters. The van der Waals surface area contributed by atoms with E-state index < -0.39 is 0 Å². The lowest BCUT2D eigenvalue weighted by molar-refractivity contribution is 0.0117. The van der Waals surface area contributed by atoms with Crippen LogP contribution in [0.15, 0.2) is 0 Å². The number of likely N-dealkylation sites (tertiary alicyclic amines) is 1. The molecule has 1 N–H and O–H groups in total. The minimum Gasteiger partial charge on any atom is -0.396 e. The van der Waals surface area contributed by atoms with Gasteiger partial charge in [-0.05, 0) is 30.4 Å². The van der Waals surface area contributed by atoms with Gasteiger partial charge in [0.2, 0.25) is 0 Å². The molecule has 0 bridgehead atoms. The summed E-state index contributed by atoms with van der Waals surface area (Å²) < 4.78 is 0. The summed E-state index contributed by atoms with van der Waals surface area (Å²) in [6.07, 6.45) is 6.87. The van der Waals surface area contributed by atoms with Gasteiger partial charge in [0.15, 0.2) is 0 Å². The Kier molecular flexibility index (Phi) is 4.35.